The Hall–Kier alpha value is -2.71. The third-order valence-electron chi connectivity index (χ3n) is 3.93. The molecule has 0 fully saturated rings. The van der Waals surface area contributed by atoms with Crippen molar-refractivity contribution in [1.29, 1.82) is 5.26 Å². The van der Waals surface area contributed by atoms with Gasteiger partial charge in [0.15, 0.2) is 0 Å². The van der Waals surface area contributed by atoms with Crippen molar-refractivity contribution in [2.75, 3.05) is 5.32 Å². The van der Waals surface area contributed by atoms with Gasteiger partial charge in [0.1, 0.15) is 0 Å². The fourth-order valence-corrected chi connectivity index (χ4v) is 3.55. The number of aryl methyl sites for hydroxylation is 1. The summed E-state index contributed by atoms with van der Waals surface area (Å²) in [5.74, 6) is 0.589. The van der Waals surface area contributed by atoms with Gasteiger partial charge in [0.25, 0.3) is 0 Å². The van der Waals surface area contributed by atoms with Gasteiger partial charge in [-0.25, -0.2) is 9.97 Å². The predicted molar refractivity (Wildman–Crippen MR) is 97.9 cm³/mol. The Bertz CT molecular complexity index is 888. The van der Waals surface area contributed by atoms with Crippen LogP contribution in [0, 0.1) is 18.3 Å². The van der Waals surface area contributed by atoms with Crippen LogP contribution < -0.4 is 5.32 Å². The average molecular weight is 334 g/mol. The molecule has 5 heteroatoms. The summed E-state index contributed by atoms with van der Waals surface area (Å²) >= 11 is 1.74. The summed E-state index contributed by atoms with van der Waals surface area (Å²) in [6, 6.07) is 11.7. The number of hydrogen-bond donors (Lipinski definition) is 1. The van der Waals surface area contributed by atoms with E-state index in [1.54, 1.807) is 29.8 Å². The van der Waals surface area contributed by atoms with Crippen LogP contribution in [0.5, 0.6) is 0 Å². The first-order valence-corrected chi connectivity index (χ1v) is 8.53. The lowest BCUT2D eigenvalue weighted by molar-refractivity contribution is 0.601. The van der Waals surface area contributed by atoms with E-state index in [0.29, 0.717) is 11.5 Å². The van der Waals surface area contributed by atoms with Crippen molar-refractivity contribution in [2.24, 2.45) is 0 Å². The molecule has 24 heavy (non-hydrogen) atoms. The van der Waals surface area contributed by atoms with Crippen LogP contribution in [0.1, 0.15) is 29.9 Å². The molecule has 2 heterocycles. The van der Waals surface area contributed by atoms with Crippen LogP contribution in [-0.4, -0.2) is 9.97 Å². The largest absolute Gasteiger partial charge is 0.345 e. The maximum absolute atomic E-state index is 9.00. The molecular weight excluding hydrogens is 316 g/mol. The molecule has 0 aliphatic heterocycles. The number of nitrogens with one attached hydrogen (secondary N) is 1. The van der Waals surface area contributed by atoms with Crippen LogP contribution in [0.2, 0.25) is 0 Å². The highest BCUT2D eigenvalue weighted by Crippen LogP contribution is 2.30. The number of nitrogens with zero attached hydrogens (tertiary/aromatic N) is 3. The van der Waals surface area contributed by atoms with Crippen LogP contribution in [0.15, 0.2) is 48.1 Å². The number of aromatic nitrogens is 2. The Morgan fingerprint density at radius 2 is 1.88 bits per heavy atom. The zero-order chi connectivity index (χ0) is 17.2. The lowest BCUT2D eigenvalue weighted by atomic mass is 9.95. The predicted octanol–water partition coefficient (Wildman–Crippen LogP) is 4.73. The molecule has 120 valence electrons. The minimum atomic E-state index is -0.244. The van der Waals surface area contributed by atoms with Gasteiger partial charge in [-0.15, -0.1) is 11.3 Å². The SMILES string of the molecule is Cc1sccc1C(C)(C)Nc1ncc(-c2cccc(C#N)c2)cn1. The summed E-state index contributed by atoms with van der Waals surface area (Å²) in [7, 11) is 0. The first kappa shape index (κ1) is 16.2. The van der Waals surface area contributed by atoms with Crippen LogP contribution in [0.3, 0.4) is 0 Å². The molecule has 1 N–H and O–H groups in total. The molecule has 3 rings (SSSR count). The molecule has 0 saturated heterocycles. The second-order valence-corrected chi connectivity index (χ2v) is 7.25. The van der Waals surface area contributed by atoms with E-state index in [1.807, 2.05) is 18.2 Å². The monoisotopic (exact) mass is 334 g/mol. The fraction of sp³-hybridized carbons (Fsp3) is 0.211. The van der Waals surface area contributed by atoms with E-state index in [1.165, 1.54) is 10.4 Å². The minimum absolute atomic E-state index is 0.244. The number of hydrogen-bond acceptors (Lipinski definition) is 5. The van der Waals surface area contributed by atoms with Gasteiger partial charge >= 0.3 is 0 Å². The summed E-state index contributed by atoms with van der Waals surface area (Å²) in [5.41, 5.74) is 3.47. The highest BCUT2D eigenvalue weighted by molar-refractivity contribution is 7.10. The number of benzene rings is 1. The molecule has 0 atom stereocenters. The number of anilines is 1. The molecular formula is C19H18N4S. The molecule has 0 saturated carbocycles. The number of thiophene rings is 1. The molecule has 0 aliphatic rings. The van der Waals surface area contributed by atoms with Gasteiger partial charge in [0, 0.05) is 22.8 Å². The van der Waals surface area contributed by atoms with Crippen molar-refractivity contribution in [3.8, 4) is 17.2 Å². The summed E-state index contributed by atoms with van der Waals surface area (Å²) in [4.78, 5) is 10.2. The van der Waals surface area contributed by atoms with Crippen LogP contribution >= 0.6 is 11.3 Å². The highest BCUT2D eigenvalue weighted by Gasteiger charge is 2.23. The maximum Gasteiger partial charge on any atom is 0.223 e. The van der Waals surface area contributed by atoms with Gasteiger partial charge in [-0.3, -0.25) is 0 Å². The van der Waals surface area contributed by atoms with Crippen molar-refractivity contribution >= 4 is 17.3 Å². The molecule has 0 amide bonds. The van der Waals surface area contributed by atoms with E-state index < -0.39 is 0 Å². The van der Waals surface area contributed by atoms with Gasteiger partial charge in [-0.1, -0.05) is 12.1 Å². The lowest BCUT2D eigenvalue weighted by Gasteiger charge is -2.26. The summed E-state index contributed by atoms with van der Waals surface area (Å²) in [6.45, 7) is 6.36. The molecule has 0 unspecified atom stereocenters. The van der Waals surface area contributed by atoms with Gasteiger partial charge in [-0.05, 0) is 55.5 Å². The first-order chi connectivity index (χ1) is 11.5. The van der Waals surface area contributed by atoms with Crippen LogP contribution in [0.4, 0.5) is 5.95 Å². The van der Waals surface area contributed by atoms with E-state index in [9.17, 15) is 0 Å². The van der Waals surface area contributed by atoms with E-state index in [4.69, 9.17) is 5.26 Å². The molecule has 0 spiro atoms. The molecule has 1 aromatic carbocycles. The Labute approximate surface area is 145 Å². The van der Waals surface area contributed by atoms with Gasteiger partial charge in [-0.2, -0.15) is 5.26 Å². The normalized spacial score (nSPS) is 11.1. The van der Waals surface area contributed by atoms with Crippen molar-refractivity contribution in [3.63, 3.8) is 0 Å². The Morgan fingerprint density at radius 3 is 2.50 bits per heavy atom. The van der Waals surface area contributed by atoms with Gasteiger partial charge in [0.05, 0.1) is 17.2 Å². The van der Waals surface area contributed by atoms with Crippen molar-refractivity contribution in [3.05, 3.63) is 64.1 Å². The minimum Gasteiger partial charge on any atom is -0.345 e. The molecule has 3 aromatic rings. The molecule has 0 aliphatic carbocycles. The summed E-state index contributed by atoms with van der Waals surface area (Å²) in [5, 5.41) is 14.5. The summed E-state index contributed by atoms with van der Waals surface area (Å²) in [6.07, 6.45) is 3.56. The number of nitriles is 1. The third-order valence-corrected chi connectivity index (χ3v) is 4.78. The zero-order valence-corrected chi connectivity index (χ0v) is 14.7. The third kappa shape index (κ3) is 3.29. The molecule has 4 nitrogen and oxygen atoms in total. The van der Waals surface area contributed by atoms with Crippen LogP contribution in [0.25, 0.3) is 11.1 Å². The van der Waals surface area contributed by atoms with E-state index in [-0.39, 0.29) is 5.54 Å². The zero-order valence-electron chi connectivity index (χ0n) is 13.9. The topological polar surface area (TPSA) is 61.6 Å². The Balaban J connectivity index is 1.82. The summed E-state index contributed by atoms with van der Waals surface area (Å²) < 4.78 is 0. The standard InChI is InChI=1S/C19H18N4S/c1-13-17(7-8-24-13)19(2,3)23-18-21-11-16(12-22-18)15-6-4-5-14(9-15)10-20/h4-9,11-12H,1-3H3,(H,21,22,23). The molecule has 0 radical (unpaired) electrons. The second-order valence-electron chi connectivity index (χ2n) is 6.13. The van der Waals surface area contributed by atoms with Crippen molar-refractivity contribution in [2.45, 2.75) is 26.3 Å². The average Bonchev–Trinajstić information content (AvgIpc) is 3.02. The quantitative estimate of drug-likeness (QED) is 0.749. The fourth-order valence-electron chi connectivity index (χ4n) is 2.69. The van der Waals surface area contributed by atoms with Crippen molar-refractivity contribution in [1.82, 2.24) is 9.97 Å². The maximum atomic E-state index is 9.00. The smallest absolute Gasteiger partial charge is 0.223 e. The first-order valence-electron chi connectivity index (χ1n) is 7.65. The van der Waals surface area contributed by atoms with Gasteiger partial charge < -0.3 is 5.32 Å². The van der Waals surface area contributed by atoms with Crippen LogP contribution in [-0.2, 0) is 5.54 Å². The molecule has 2 aromatic heterocycles. The Kier molecular flexibility index (Phi) is 4.32. The van der Waals surface area contributed by atoms with Crippen molar-refractivity contribution < 1.29 is 0 Å². The van der Waals surface area contributed by atoms with E-state index in [2.05, 4.69) is 53.6 Å². The highest BCUT2D eigenvalue weighted by atomic mass is 32.1. The Morgan fingerprint density at radius 1 is 1.12 bits per heavy atom. The van der Waals surface area contributed by atoms with Gasteiger partial charge in [0.2, 0.25) is 5.95 Å². The lowest BCUT2D eigenvalue weighted by Crippen LogP contribution is -2.29. The second kappa shape index (κ2) is 6.42. The molecule has 0 bridgehead atoms. The number of rotatable bonds is 4. The van der Waals surface area contributed by atoms with E-state index in [0.717, 1.165) is 11.1 Å². The van der Waals surface area contributed by atoms with E-state index >= 15 is 0 Å².